The van der Waals surface area contributed by atoms with Gasteiger partial charge in [-0.05, 0) is 68.7 Å². The molecule has 0 bridgehead atoms. The summed E-state index contributed by atoms with van der Waals surface area (Å²) in [6, 6.07) is 11.5. The molecule has 1 amide bonds. The maximum absolute atomic E-state index is 13.2. The second-order valence-corrected chi connectivity index (χ2v) is 10.5. The molecular weight excluding hydrogens is 529 g/mol. The Bertz CT molecular complexity index is 1410. The molecule has 1 aliphatic rings. The molecule has 1 fully saturated rings. The minimum atomic E-state index is -4.69. The molecule has 3 aromatic rings. The van der Waals surface area contributed by atoms with Gasteiger partial charge in [0.05, 0.1) is 5.02 Å². The third-order valence-corrected chi connectivity index (χ3v) is 7.12. The largest absolute Gasteiger partial charge is 0.479 e. The normalized spacial score (nSPS) is 14.4. The number of nitrogens with zero attached hydrogens (tertiary/aromatic N) is 3. The van der Waals surface area contributed by atoms with Gasteiger partial charge in [0.25, 0.3) is 0 Å². The van der Waals surface area contributed by atoms with Crippen LogP contribution >= 0.6 is 11.6 Å². The third-order valence-electron chi connectivity index (χ3n) is 6.79. The molecule has 0 spiro atoms. The molecule has 0 saturated heterocycles. The SMILES string of the molecule is CC(C)(C(=O)NCc1ccc(Cl)c(-c2nc(O)nc(-c3ccc(C#CC4CCCCC4)cc3)n2)c1)C(F)(F)F. The van der Waals surface area contributed by atoms with Gasteiger partial charge in [-0.15, -0.1) is 0 Å². The summed E-state index contributed by atoms with van der Waals surface area (Å²) in [6.45, 7) is 1.47. The molecule has 1 aromatic heterocycles. The Balaban J connectivity index is 1.54. The number of rotatable bonds is 5. The van der Waals surface area contributed by atoms with E-state index in [1.165, 1.54) is 25.3 Å². The van der Waals surface area contributed by atoms with E-state index in [4.69, 9.17) is 11.6 Å². The van der Waals surface area contributed by atoms with E-state index < -0.39 is 23.5 Å². The highest BCUT2D eigenvalue weighted by Gasteiger charge is 2.52. The highest BCUT2D eigenvalue weighted by molar-refractivity contribution is 6.33. The quantitative estimate of drug-likeness (QED) is 0.341. The summed E-state index contributed by atoms with van der Waals surface area (Å²) in [6.07, 6.45) is 1.31. The zero-order chi connectivity index (χ0) is 28.2. The van der Waals surface area contributed by atoms with Gasteiger partial charge in [0.2, 0.25) is 5.91 Å². The lowest BCUT2D eigenvalue weighted by atomic mass is 9.89. The molecule has 0 unspecified atom stereocenters. The molecule has 1 heterocycles. The molecule has 0 atom stereocenters. The monoisotopic (exact) mass is 556 g/mol. The van der Waals surface area contributed by atoms with Gasteiger partial charge < -0.3 is 10.4 Å². The van der Waals surface area contributed by atoms with Crippen LogP contribution < -0.4 is 5.32 Å². The molecule has 1 aliphatic carbocycles. The van der Waals surface area contributed by atoms with E-state index in [0.717, 1.165) is 32.3 Å². The summed E-state index contributed by atoms with van der Waals surface area (Å²) in [5.74, 6) is 6.16. The van der Waals surface area contributed by atoms with Crippen molar-refractivity contribution in [2.24, 2.45) is 11.3 Å². The van der Waals surface area contributed by atoms with Crippen LogP contribution in [0.3, 0.4) is 0 Å². The summed E-state index contributed by atoms with van der Waals surface area (Å²) in [4.78, 5) is 24.6. The maximum atomic E-state index is 13.2. The van der Waals surface area contributed by atoms with E-state index in [1.807, 2.05) is 12.1 Å². The topological polar surface area (TPSA) is 88.0 Å². The molecule has 2 N–H and O–H groups in total. The zero-order valence-electron chi connectivity index (χ0n) is 21.6. The molecule has 2 aromatic carbocycles. The summed E-state index contributed by atoms with van der Waals surface area (Å²) in [7, 11) is 0. The van der Waals surface area contributed by atoms with Gasteiger partial charge in [0.1, 0.15) is 5.41 Å². The fourth-order valence-corrected chi connectivity index (χ4v) is 4.34. The zero-order valence-corrected chi connectivity index (χ0v) is 22.3. The Kier molecular flexibility index (Phi) is 8.45. The van der Waals surface area contributed by atoms with Gasteiger partial charge in [-0.3, -0.25) is 4.79 Å². The first-order valence-corrected chi connectivity index (χ1v) is 13.0. The smallest absolute Gasteiger partial charge is 0.402 e. The van der Waals surface area contributed by atoms with Crippen molar-refractivity contribution < 1.29 is 23.1 Å². The van der Waals surface area contributed by atoms with Crippen molar-refractivity contribution in [3.05, 3.63) is 58.6 Å². The molecule has 4 rings (SSSR count). The minimum absolute atomic E-state index is 0.0764. The van der Waals surface area contributed by atoms with Crippen LogP contribution in [0.4, 0.5) is 13.2 Å². The van der Waals surface area contributed by atoms with Gasteiger partial charge in [-0.2, -0.15) is 23.1 Å². The van der Waals surface area contributed by atoms with Crippen LogP contribution in [0.15, 0.2) is 42.5 Å². The van der Waals surface area contributed by atoms with Gasteiger partial charge >= 0.3 is 12.2 Å². The minimum Gasteiger partial charge on any atom is -0.479 e. The number of nitrogens with one attached hydrogen (secondary N) is 1. The van der Waals surface area contributed by atoms with Crippen molar-refractivity contribution in [2.45, 2.75) is 58.7 Å². The predicted octanol–water partition coefficient (Wildman–Crippen LogP) is 6.70. The molecule has 10 heteroatoms. The van der Waals surface area contributed by atoms with Crippen molar-refractivity contribution in [1.29, 1.82) is 0 Å². The van der Waals surface area contributed by atoms with Crippen molar-refractivity contribution in [1.82, 2.24) is 20.3 Å². The van der Waals surface area contributed by atoms with Crippen molar-refractivity contribution in [3.8, 4) is 40.6 Å². The number of halogens is 4. The number of carbonyl (C=O) groups is 1. The Hall–Kier alpha value is -3.64. The van der Waals surface area contributed by atoms with Gasteiger partial charge in [-0.25, -0.2) is 4.98 Å². The van der Waals surface area contributed by atoms with Crippen molar-refractivity contribution in [3.63, 3.8) is 0 Å². The summed E-state index contributed by atoms with van der Waals surface area (Å²) >= 11 is 6.36. The second kappa shape index (κ2) is 11.6. The number of amides is 1. The summed E-state index contributed by atoms with van der Waals surface area (Å²) < 4.78 is 39.5. The molecule has 204 valence electrons. The lowest BCUT2D eigenvalue weighted by Crippen LogP contribution is -2.46. The number of carbonyl (C=O) groups excluding carboxylic acids is 1. The first-order valence-electron chi connectivity index (χ1n) is 12.6. The van der Waals surface area contributed by atoms with Crippen LogP contribution in [0.2, 0.25) is 5.02 Å². The predicted molar refractivity (Wildman–Crippen MR) is 143 cm³/mol. The molecular formula is C29H28ClF3N4O2. The third kappa shape index (κ3) is 6.87. The summed E-state index contributed by atoms with van der Waals surface area (Å²) in [5.41, 5.74) is -0.246. The first kappa shape index (κ1) is 28.4. The maximum Gasteiger partial charge on any atom is 0.402 e. The molecule has 39 heavy (non-hydrogen) atoms. The average molecular weight is 557 g/mol. The Morgan fingerprint density at radius 3 is 2.36 bits per heavy atom. The Morgan fingerprint density at radius 1 is 1.03 bits per heavy atom. The van der Waals surface area contributed by atoms with E-state index >= 15 is 0 Å². The van der Waals surface area contributed by atoms with E-state index in [-0.39, 0.29) is 23.2 Å². The fourth-order valence-electron chi connectivity index (χ4n) is 4.14. The van der Waals surface area contributed by atoms with Crippen molar-refractivity contribution in [2.75, 3.05) is 0 Å². The van der Waals surface area contributed by atoms with E-state index in [9.17, 15) is 23.1 Å². The van der Waals surface area contributed by atoms with Crippen LogP contribution in [0.5, 0.6) is 6.01 Å². The molecule has 1 saturated carbocycles. The van der Waals surface area contributed by atoms with Crippen LogP contribution in [0, 0.1) is 23.2 Å². The van der Waals surface area contributed by atoms with Crippen molar-refractivity contribution >= 4 is 17.5 Å². The highest BCUT2D eigenvalue weighted by Crippen LogP contribution is 2.37. The standard InChI is InChI=1S/C29H28ClF3N4O2/c1-28(2,29(31,32)33)26(38)34-17-20-12-15-23(30)22(16-20)25-35-24(36-27(39)37-25)21-13-10-19(11-14-21)9-8-18-6-4-3-5-7-18/h10-16,18H,3-7,17H2,1-2H3,(H,34,38)(H,35,36,37,39). The van der Waals surface area contributed by atoms with Crippen LogP contribution in [0.25, 0.3) is 22.8 Å². The van der Waals surface area contributed by atoms with Gasteiger partial charge in [0.15, 0.2) is 11.6 Å². The number of benzene rings is 2. The number of hydrogen-bond donors (Lipinski definition) is 2. The number of aromatic nitrogens is 3. The fraction of sp³-hybridized carbons (Fsp3) is 0.379. The van der Waals surface area contributed by atoms with Crippen LogP contribution in [-0.4, -0.2) is 32.1 Å². The van der Waals surface area contributed by atoms with Gasteiger partial charge in [0, 0.05) is 29.2 Å². The van der Waals surface area contributed by atoms with Crippen LogP contribution in [-0.2, 0) is 11.3 Å². The van der Waals surface area contributed by atoms with Crippen LogP contribution in [0.1, 0.15) is 57.1 Å². The number of hydrogen-bond acceptors (Lipinski definition) is 5. The number of alkyl halides is 3. The van der Waals surface area contributed by atoms with E-state index in [2.05, 4.69) is 32.1 Å². The average Bonchev–Trinajstić information content (AvgIpc) is 2.91. The highest BCUT2D eigenvalue weighted by atomic mass is 35.5. The molecule has 0 radical (unpaired) electrons. The number of aromatic hydroxyl groups is 1. The lowest BCUT2D eigenvalue weighted by molar-refractivity contribution is -0.211. The molecule has 6 nitrogen and oxygen atoms in total. The lowest BCUT2D eigenvalue weighted by Gasteiger charge is -2.26. The first-order chi connectivity index (χ1) is 18.4. The summed E-state index contributed by atoms with van der Waals surface area (Å²) in [5, 5.41) is 12.8. The molecule has 0 aliphatic heterocycles. The Morgan fingerprint density at radius 2 is 1.69 bits per heavy atom. The second-order valence-electron chi connectivity index (χ2n) is 10.1. The van der Waals surface area contributed by atoms with E-state index in [1.54, 1.807) is 24.3 Å². The van der Waals surface area contributed by atoms with Gasteiger partial charge in [-0.1, -0.05) is 48.8 Å². The van der Waals surface area contributed by atoms with E-state index in [0.29, 0.717) is 22.6 Å². The Labute approximate surface area is 230 Å².